The number of nitrogens with one attached hydrogen (secondary N) is 2. The zero-order valence-corrected chi connectivity index (χ0v) is 12.0. The standard InChI is InChI=1S/C14H19BrN2/c1-3-4-7-16-10(2)14-9-11-8-12(15)5-6-13(11)17-14/h5-6,8-10,16-17H,3-4,7H2,1-2H3. The van der Waals surface area contributed by atoms with E-state index in [-0.39, 0.29) is 0 Å². The molecular weight excluding hydrogens is 276 g/mol. The van der Waals surface area contributed by atoms with E-state index in [1.54, 1.807) is 0 Å². The number of halogens is 1. The molecule has 2 nitrogen and oxygen atoms in total. The third kappa shape index (κ3) is 3.11. The maximum absolute atomic E-state index is 3.53. The third-order valence-electron chi connectivity index (χ3n) is 3.05. The minimum absolute atomic E-state index is 0.382. The summed E-state index contributed by atoms with van der Waals surface area (Å²) in [7, 11) is 0. The summed E-state index contributed by atoms with van der Waals surface area (Å²) in [5.41, 5.74) is 2.46. The molecule has 2 N–H and O–H groups in total. The molecule has 1 aromatic heterocycles. The number of unbranched alkanes of at least 4 members (excludes halogenated alkanes) is 1. The first-order chi connectivity index (χ1) is 8.20. The summed E-state index contributed by atoms with van der Waals surface area (Å²) in [5, 5.41) is 4.79. The molecule has 0 spiro atoms. The second-order valence-corrected chi connectivity index (χ2v) is 5.40. The molecule has 0 fully saturated rings. The minimum atomic E-state index is 0.382. The van der Waals surface area contributed by atoms with Gasteiger partial charge in [-0.25, -0.2) is 0 Å². The van der Waals surface area contributed by atoms with Crippen molar-refractivity contribution in [2.75, 3.05) is 6.54 Å². The van der Waals surface area contributed by atoms with E-state index in [9.17, 15) is 0 Å². The van der Waals surface area contributed by atoms with Gasteiger partial charge in [-0.3, -0.25) is 0 Å². The first-order valence-electron chi connectivity index (χ1n) is 6.22. The van der Waals surface area contributed by atoms with Crippen LogP contribution in [-0.2, 0) is 0 Å². The fraction of sp³-hybridized carbons (Fsp3) is 0.429. The largest absolute Gasteiger partial charge is 0.357 e. The van der Waals surface area contributed by atoms with Gasteiger partial charge < -0.3 is 10.3 Å². The van der Waals surface area contributed by atoms with Gasteiger partial charge in [-0.05, 0) is 44.2 Å². The number of fused-ring (bicyclic) bond motifs is 1. The van der Waals surface area contributed by atoms with Gasteiger partial charge in [-0.15, -0.1) is 0 Å². The van der Waals surface area contributed by atoms with Crippen molar-refractivity contribution in [1.82, 2.24) is 10.3 Å². The van der Waals surface area contributed by atoms with E-state index >= 15 is 0 Å². The molecule has 0 saturated heterocycles. The highest BCUT2D eigenvalue weighted by Crippen LogP contribution is 2.23. The summed E-state index contributed by atoms with van der Waals surface area (Å²) in [6.07, 6.45) is 2.47. The number of hydrogen-bond donors (Lipinski definition) is 2. The molecule has 1 unspecified atom stereocenters. The number of benzene rings is 1. The van der Waals surface area contributed by atoms with E-state index < -0.39 is 0 Å². The van der Waals surface area contributed by atoms with Gasteiger partial charge in [-0.2, -0.15) is 0 Å². The first-order valence-corrected chi connectivity index (χ1v) is 7.01. The van der Waals surface area contributed by atoms with Crippen LogP contribution in [0, 0.1) is 0 Å². The van der Waals surface area contributed by atoms with E-state index in [1.807, 2.05) is 0 Å². The van der Waals surface area contributed by atoms with Gasteiger partial charge in [0.2, 0.25) is 0 Å². The molecule has 0 aliphatic carbocycles. The van der Waals surface area contributed by atoms with Crippen LogP contribution < -0.4 is 5.32 Å². The number of hydrogen-bond acceptors (Lipinski definition) is 1. The van der Waals surface area contributed by atoms with Crippen LogP contribution in [0.3, 0.4) is 0 Å². The second kappa shape index (κ2) is 5.69. The summed E-state index contributed by atoms with van der Waals surface area (Å²) in [6, 6.07) is 8.94. The molecule has 0 radical (unpaired) electrons. The average Bonchev–Trinajstić information content (AvgIpc) is 2.72. The monoisotopic (exact) mass is 294 g/mol. The summed E-state index contributed by atoms with van der Waals surface area (Å²) in [4.78, 5) is 3.47. The number of aromatic amines is 1. The Morgan fingerprint density at radius 3 is 2.94 bits per heavy atom. The Morgan fingerprint density at radius 1 is 1.35 bits per heavy atom. The van der Waals surface area contributed by atoms with Crippen LogP contribution in [0.2, 0.25) is 0 Å². The summed E-state index contributed by atoms with van der Waals surface area (Å²) in [6.45, 7) is 5.50. The highest BCUT2D eigenvalue weighted by molar-refractivity contribution is 9.10. The molecule has 2 rings (SSSR count). The number of rotatable bonds is 5. The van der Waals surface area contributed by atoms with Crippen molar-refractivity contribution >= 4 is 26.8 Å². The fourth-order valence-electron chi connectivity index (χ4n) is 1.96. The molecule has 1 aromatic carbocycles. The smallest absolute Gasteiger partial charge is 0.0457 e. The van der Waals surface area contributed by atoms with E-state index in [0.717, 1.165) is 11.0 Å². The van der Waals surface area contributed by atoms with Crippen molar-refractivity contribution in [3.8, 4) is 0 Å². The molecule has 0 bridgehead atoms. The Labute approximate surface area is 111 Å². The molecule has 0 aliphatic heterocycles. The quantitative estimate of drug-likeness (QED) is 0.787. The van der Waals surface area contributed by atoms with E-state index in [1.165, 1.54) is 29.4 Å². The van der Waals surface area contributed by atoms with Crippen LogP contribution in [-0.4, -0.2) is 11.5 Å². The van der Waals surface area contributed by atoms with Gasteiger partial charge >= 0.3 is 0 Å². The Hall–Kier alpha value is -0.800. The first kappa shape index (κ1) is 12.7. The summed E-state index contributed by atoms with van der Waals surface area (Å²) >= 11 is 3.50. The lowest BCUT2D eigenvalue weighted by Crippen LogP contribution is -2.19. The molecule has 0 amide bonds. The molecule has 92 valence electrons. The highest BCUT2D eigenvalue weighted by atomic mass is 79.9. The molecule has 0 aliphatic rings. The lowest BCUT2D eigenvalue weighted by Gasteiger charge is -2.11. The predicted molar refractivity (Wildman–Crippen MR) is 77.3 cm³/mol. The molecule has 1 atom stereocenters. The maximum atomic E-state index is 3.53. The van der Waals surface area contributed by atoms with Crippen molar-refractivity contribution in [3.63, 3.8) is 0 Å². The molecule has 3 heteroatoms. The second-order valence-electron chi connectivity index (χ2n) is 4.49. The van der Waals surface area contributed by atoms with Crippen LogP contribution in [0.4, 0.5) is 0 Å². The van der Waals surface area contributed by atoms with Crippen molar-refractivity contribution in [2.45, 2.75) is 32.7 Å². The van der Waals surface area contributed by atoms with Gasteiger partial charge in [0.1, 0.15) is 0 Å². The number of H-pyrrole nitrogens is 1. The van der Waals surface area contributed by atoms with Crippen molar-refractivity contribution in [2.24, 2.45) is 0 Å². The van der Waals surface area contributed by atoms with Crippen molar-refractivity contribution in [1.29, 1.82) is 0 Å². The topological polar surface area (TPSA) is 27.8 Å². The minimum Gasteiger partial charge on any atom is -0.357 e. The molecule has 1 heterocycles. The Bertz CT molecular complexity index is 490. The number of aromatic nitrogens is 1. The van der Waals surface area contributed by atoms with Gasteiger partial charge in [-0.1, -0.05) is 29.3 Å². The zero-order chi connectivity index (χ0) is 12.3. The maximum Gasteiger partial charge on any atom is 0.0457 e. The average molecular weight is 295 g/mol. The van der Waals surface area contributed by atoms with E-state index in [0.29, 0.717) is 6.04 Å². The SMILES string of the molecule is CCCCNC(C)c1cc2cc(Br)ccc2[nH]1. The third-order valence-corrected chi connectivity index (χ3v) is 3.54. The van der Waals surface area contributed by atoms with Crippen molar-refractivity contribution < 1.29 is 0 Å². The van der Waals surface area contributed by atoms with Gasteiger partial charge in [0.05, 0.1) is 0 Å². The van der Waals surface area contributed by atoms with Crippen molar-refractivity contribution in [3.05, 3.63) is 34.4 Å². The van der Waals surface area contributed by atoms with Crippen LogP contribution in [0.5, 0.6) is 0 Å². The molecule has 2 aromatic rings. The van der Waals surface area contributed by atoms with E-state index in [2.05, 4.69) is 64.3 Å². The predicted octanol–water partition coefficient (Wildman–Crippen LogP) is 4.38. The summed E-state index contributed by atoms with van der Waals surface area (Å²) < 4.78 is 1.13. The zero-order valence-electron chi connectivity index (χ0n) is 10.4. The fourth-order valence-corrected chi connectivity index (χ4v) is 2.34. The van der Waals surface area contributed by atoms with Crippen LogP contribution in [0.25, 0.3) is 10.9 Å². The highest BCUT2D eigenvalue weighted by Gasteiger charge is 2.07. The van der Waals surface area contributed by atoms with Crippen LogP contribution in [0.1, 0.15) is 38.4 Å². The summed E-state index contributed by atoms with van der Waals surface area (Å²) in [5.74, 6) is 0. The normalized spacial score (nSPS) is 13.1. The molecule has 0 saturated carbocycles. The lowest BCUT2D eigenvalue weighted by atomic mass is 10.2. The van der Waals surface area contributed by atoms with Crippen LogP contribution in [0.15, 0.2) is 28.7 Å². The van der Waals surface area contributed by atoms with Gasteiger partial charge in [0.15, 0.2) is 0 Å². The van der Waals surface area contributed by atoms with Crippen LogP contribution >= 0.6 is 15.9 Å². The Morgan fingerprint density at radius 2 is 2.18 bits per heavy atom. The van der Waals surface area contributed by atoms with Gasteiger partial charge in [0.25, 0.3) is 0 Å². The lowest BCUT2D eigenvalue weighted by molar-refractivity contribution is 0.546. The van der Waals surface area contributed by atoms with Gasteiger partial charge in [0, 0.05) is 27.1 Å². The molecule has 17 heavy (non-hydrogen) atoms. The Kier molecular flexibility index (Phi) is 4.24. The molecular formula is C14H19BrN2. The Balaban J connectivity index is 2.12. The van der Waals surface area contributed by atoms with E-state index in [4.69, 9.17) is 0 Å².